The highest BCUT2D eigenvalue weighted by Crippen LogP contribution is 2.44. The van der Waals surface area contributed by atoms with Crippen LogP contribution in [0, 0.1) is 11.8 Å². The fraction of sp³-hybridized carbons (Fsp3) is 0.300. The van der Waals surface area contributed by atoms with Crippen molar-refractivity contribution in [3.05, 3.63) is 58.6 Å². The van der Waals surface area contributed by atoms with E-state index in [1.54, 1.807) is 0 Å². The first kappa shape index (κ1) is 16.3. The fourth-order valence-electron chi connectivity index (χ4n) is 3.64. The van der Waals surface area contributed by atoms with Gasteiger partial charge in [0.05, 0.1) is 11.8 Å². The third-order valence-corrected chi connectivity index (χ3v) is 5.47. The van der Waals surface area contributed by atoms with E-state index in [0.717, 1.165) is 22.3 Å². The van der Waals surface area contributed by atoms with Gasteiger partial charge in [0.15, 0.2) is 0 Å². The largest absolute Gasteiger partial charge is 0.326 e. The molecule has 3 atom stereocenters. The van der Waals surface area contributed by atoms with Gasteiger partial charge < -0.3 is 10.2 Å². The summed E-state index contributed by atoms with van der Waals surface area (Å²) in [5.74, 6) is -0.435. The van der Waals surface area contributed by atoms with Crippen molar-refractivity contribution >= 4 is 39.1 Å². The van der Waals surface area contributed by atoms with Crippen molar-refractivity contribution in [3.8, 4) is 0 Å². The molecule has 128 valence electrons. The van der Waals surface area contributed by atoms with E-state index in [9.17, 15) is 9.59 Å². The van der Waals surface area contributed by atoms with Gasteiger partial charge in [0.2, 0.25) is 11.8 Å². The molecule has 0 spiro atoms. The third-order valence-electron chi connectivity index (χ3n) is 4.98. The Kier molecular flexibility index (Phi) is 4.12. The lowest BCUT2D eigenvalue weighted by atomic mass is 10.1. The Morgan fingerprint density at radius 3 is 2.72 bits per heavy atom. The Labute approximate surface area is 155 Å². The van der Waals surface area contributed by atoms with Crippen LogP contribution in [-0.2, 0) is 16.0 Å². The van der Waals surface area contributed by atoms with E-state index < -0.39 is 0 Å². The topological polar surface area (TPSA) is 49.4 Å². The molecule has 1 N–H and O–H groups in total. The van der Waals surface area contributed by atoms with E-state index in [0.29, 0.717) is 6.42 Å². The van der Waals surface area contributed by atoms with Crippen molar-refractivity contribution in [2.75, 3.05) is 10.2 Å². The minimum atomic E-state index is -0.230. The number of amides is 2. The smallest absolute Gasteiger partial charge is 0.231 e. The molecule has 1 fully saturated rings. The van der Waals surface area contributed by atoms with E-state index in [4.69, 9.17) is 0 Å². The maximum absolute atomic E-state index is 12.9. The number of fused-ring (bicyclic) bond motifs is 1. The summed E-state index contributed by atoms with van der Waals surface area (Å²) < 4.78 is 0.913. The van der Waals surface area contributed by atoms with Crippen molar-refractivity contribution in [1.29, 1.82) is 0 Å². The normalized spacial score (nSPS) is 23.9. The summed E-state index contributed by atoms with van der Waals surface area (Å²) in [6, 6.07) is 15.7. The highest BCUT2D eigenvalue weighted by atomic mass is 79.9. The highest BCUT2D eigenvalue weighted by molar-refractivity contribution is 9.10. The standard InChI is InChI=1S/C20H19BrN2O2/c1-12-9-13-5-2-3-8-18(13)23(12)20(25)17-11-16(17)19(24)22-15-7-4-6-14(21)10-15/h2-8,10,12,16-17H,9,11H2,1H3,(H,22,24). The van der Waals surface area contributed by atoms with Crippen molar-refractivity contribution < 1.29 is 9.59 Å². The van der Waals surface area contributed by atoms with Crippen LogP contribution in [0.25, 0.3) is 0 Å². The van der Waals surface area contributed by atoms with Gasteiger partial charge in [0, 0.05) is 21.9 Å². The highest BCUT2D eigenvalue weighted by Gasteiger charge is 2.51. The van der Waals surface area contributed by atoms with Gasteiger partial charge in [-0.1, -0.05) is 40.2 Å². The average Bonchev–Trinajstić information content (AvgIpc) is 3.31. The van der Waals surface area contributed by atoms with Gasteiger partial charge in [-0.2, -0.15) is 0 Å². The van der Waals surface area contributed by atoms with Crippen LogP contribution < -0.4 is 10.2 Å². The number of nitrogens with one attached hydrogen (secondary N) is 1. The summed E-state index contributed by atoms with van der Waals surface area (Å²) in [4.78, 5) is 27.3. The maximum Gasteiger partial charge on any atom is 0.231 e. The molecule has 0 radical (unpaired) electrons. The van der Waals surface area contributed by atoms with Crippen LogP contribution in [0.5, 0.6) is 0 Å². The van der Waals surface area contributed by atoms with Gasteiger partial charge in [0.25, 0.3) is 0 Å². The van der Waals surface area contributed by atoms with Crippen molar-refractivity contribution in [2.24, 2.45) is 11.8 Å². The number of nitrogens with zero attached hydrogens (tertiary/aromatic N) is 1. The Hall–Kier alpha value is -2.14. The second kappa shape index (κ2) is 6.30. The van der Waals surface area contributed by atoms with Gasteiger partial charge in [-0.3, -0.25) is 9.59 Å². The van der Waals surface area contributed by atoms with Gasteiger partial charge in [-0.05, 0) is 49.6 Å². The number of rotatable bonds is 3. The Morgan fingerprint density at radius 2 is 1.92 bits per heavy atom. The van der Waals surface area contributed by atoms with Crippen LogP contribution in [0.3, 0.4) is 0 Å². The maximum atomic E-state index is 12.9. The molecule has 1 aliphatic heterocycles. The fourth-order valence-corrected chi connectivity index (χ4v) is 4.04. The zero-order valence-corrected chi connectivity index (χ0v) is 15.5. The van der Waals surface area contributed by atoms with Crippen LogP contribution in [0.1, 0.15) is 18.9 Å². The molecule has 2 aromatic carbocycles. The quantitative estimate of drug-likeness (QED) is 0.848. The van der Waals surface area contributed by atoms with Gasteiger partial charge in [0.1, 0.15) is 0 Å². The first-order valence-electron chi connectivity index (χ1n) is 8.52. The molecule has 2 aliphatic rings. The number of para-hydroxylation sites is 1. The van der Waals surface area contributed by atoms with E-state index in [1.807, 2.05) is 47.4 Å². The first-order valence-corrected chi connectivity index (χ1v) is 9.31. The Balaban J connectivity index is 1.44. The SMILES string of the molecule is CC1Cc2ccccc2N1C(=O)C1CC1C(=O)Nc1cccc(Br)c1. The molecule has 4 nitrogen and oxygen atoms in total. The predicted molar refractivity (Wildman–Crippen MR) is 101 cm³/mol. The van der Waals surface area contributed by atoms with Gasteiger partial charge in [-0.25, -0.2) is 0 Å². The molecule has 4 rings (SSSR count). The van der Waals surface area contributed by atoms with Crippen molar-refractivity contribution in [1.82, 2.24) is 0 Å². The molecular weight excluding hydrogens is 380 g/mol. The van der Waals surface area contributed by atoms with Crippen LogP contribution in [0.4, 0.5) is 11.4 Å². The summed E-state index contributed by atoms with van der Waals surface area (Å²) >= 11 is 3.39. The summed E-state index contributed by atoms with van der Waals surface area (Å²) in [7, 11) is 0. The molecule has 2 amide bonds. The number of hydrogen-bond donors (Lipinski definition) is 1. The minimum absolute atomic E-state index is 0.0726. The molecule has 3 unspecified atom stereocenters. The zero-order valence-electron chi connectivity index (χ0n) is 13.9. The molecule has 0 aromatic heterocycles. The van der Waals surface area contributed by atoms with Crippen LogP contribution >= 0.6 is 15.9 Å². The lowest BCUT2D eigenvalue weighted by molar-refractivity contribution is -0.123. The van der Waals surface area contributed by atoms with Crippen LogP contribution in [-0.4, -0.2) is 17.9 Å². The van der Waals surface area contributed by atoms with Crippen molar-refractivity contribution in [3.63, 3.8) is 0 Å². The van der Waals surface area contributed by atoms with Crippen LogP contribution in [0.2, 0.25) is 0 Å². The number of carbonyl (C=O) groups excluding carboxylic acids is 2. The average molecular weight is 399 g/mol. The number of benzene rings is 2. The number of anilines is 2. The van der Waals surface area contributed by atoms with E-state index >= 15 is 0 Å². The monoisotopic (exact) mass is 398 g/mol. The molecule has 1 heterocycles. The summed E-state index contributed by atoms with van der Waals surface area (Å²) in [5, 5.41) is 2.91. The molecule has 0 bridgehead atoms. The second-order valence-electron chi connectivity index (χ2n) is 6.84. The molecule has 1 aliphatic carbocycles. The lowest BCUT2D eigenvalue weighted by Crippen LogP contribution is -2.37. The van der Waals surface area contributed by atoms with E-state index in [2.05, 4.69) is 34.2 Å². The molecule has 5 heteroatoms. The molecule has 25 heavy (non-hydrogen) atoms. The van der Waals surface area contributed by atoms with Crippen molar-refractivity contribution in [2.45, 2.75) is 25.8 Å². The summed E-state index contributed by atoms with van der Waals surface area (Å²) in [5.41, 5.74) is 2.95. The first-order chi connectivity index (χ1) is 12.0. The molecule has 1 saturated carbocycles. The number of carbonyl (C=O) groups is 2. The molecule has 0 saturated heterocycles. The third kappa shape index (κ3) is 3.09. The summed E-state index contributed by atoms with van der Waals surface area (Å²) in [6.45, 7) is 2.07. The van der Waals surface area contributed by atoms with E-state index in [-0.39, 0.29) is 29.7 Å². The van der Waals surface area contributed by atoms with E-state index in [1.165, 1.54) is 5.56 Å². The number of hydrogen-bond acceptors (Lipinski definition) is 2. The van der Waals surface area contributed by atoms with Gasteiger partial charge >= 0.3 is 0 Å². The Bertz CT molecular complexity index is 851. The molecular formula is C20H19BrN2O2. The van der Waals surface area contributed by atoms with Crippen LogP contribution in [0.15, 0.2) is 53.0 Å². The second-order valence-corrected chi connectivity index (χ2v) is 7.75. The zero-order chi connectivity index (χ0) is 17.6. The lowest BCUT2D eigenvalue weighted by Gasteiger charge is -2.23. The van der Waals surface area contributed by atoms with Gasteiger partial charge in [-0.15, -0.1) is 0 Å². The summed E-state index contributed by atoms with van der Waals surface area (Å²) in [6.07, 6.45) is 1.51. The number of halogens is 1. The Morgan fingerprint density at radius 1 is 1.12 bits per heavy atom. The predicted octanol–water partition coefficient (Wildman–Crippen LogP) is 4.00. The molecule has 2 aromatic rings. The minimum Gasteiger partial charge on any atom is -0.326 e.